The third-order valence-electron chi connectivity index (χ3n) is 3.98. The van der Waals surface area contributed by atoms with Crippen molar-refractivity contribution in [2.24, 2.45) is 0 Å². The normalized spacial score (nSPS) is 16.2. The van der Waals surface area contributed by atoms with E-state index in [0.29, 0.717) is 16.4 Å². The van der Waals surface area contributed by atoms with Crippen LogP contribution in [0, 0.1) is 6.92 Å². The molecule has 1 aliphatic rings. The summed E-state index contributed by atoms with van der Waals surface area (Å²) in [5.41, 5.74) is 1.75. The number of imide groups is 1. The molecular weight excluding hydrogens is 354 g/mol. The number of carboxylic acid groups (broad SMARTS) is 1. The summed E-state index contributed by atoms with van der Waals surface area (Å²) in [6.45, 7) is 5.37. The van der Waals surface area contributed by atoms with Crippen LogP contribution in [0.15, 0.2) is 39.7 Å². The van der Waals surface area contributed by atoms with Gasteiger partial charge in [0.15, 0.2) is 0 Å². The van der Waals surface area contributed by atoms with Crippen molar-refractivity contribution in [1.82, 2.24) is 4.90 Å². The van der Waals surface area contributed by atoms with E-state index in [0.717, 1.165) is 22.9 Å². The topological polar surface area (TPSA) is 87.8 Å². The number of carbonyl (C=O) groups excluding carboxylic acids is 2. The molecule has 0 unspecified atom stereocenters. The lowest BCUT2D eigenvalue weighted by Gasteiger charge is -2.16. The summed E-state index contributed by atoms with van der Waals surface area (Å²) < 4.78 is 5.77. The maximum atomic E-state index is 12.3. The fraction of sp³-hybridized carbons (Fsp3) is 0.211. The molecule has 134 valence electrons. The van der Waals surface area contributed by atoms with Crippen molar-refractivity contribution >= 4 is 35.0 Å². The lowest BCUT2D eigenvalue weighted by molar-refractivity contribution is -0.123. The van der Waals surface area contributed by atoms with Crippen molar-refractivity contribution in [3.05, 3.63) is 52.1 Å². The predicted octanol–water partition coefficient (Wildman–Crippen LogP) is 4.40. The van der Waals surface area contributed by atoms with Gasteiger partial charge in [-0.3, -0.25) is 14.5 Å². The lowest BCUT2D eigenvalue weighted by atomic mass is 10.0. The van der Waals surface area contributed by atoms with Crippen LogP contribution in [-0.4, -0.2) is 33.2 Å². The zero-order valence-corrected chi connectivity index (χ0v) is 15.3. The van der Waals surface area contributed by atoms with Gasteiger partial charge in [-0.25, -0.2) is 4.79 Å². The number of carboxylic acids is 1. The third-order valence-corrected chi connectivity index (χ3v) is 4.86. The Labute approximate surface area is 154 Å². The lowest BCUT2D eigenvalue weighted by Crippen LogP contribution is -2.34. The number of benzene rings is 1. The smallest absolute Gasteiger partial charge is 0.335 e. The monoisotopic (exact) mass is 371 g/mol. The minimum absolute atomic E-state index is 0.198. The van der Waals surface area contributed by atoms with Gasteiger partial charge in [-0.1, -0.05) is 6.07 Å². The molecule has 0 bridgehead atoms. The van der Waals surface area contributed by atoms with Crippen LogP contribution in [0.25, 0.3) is 17.4 Å². The Morgan fingerprint density at radius 1 is 1.23 bits per heavy atom. The van der Waals surface area contributed by atoms with Crippen molar-refractivity contribution in [2.75, 3.05) is 0 Å². The van der Waals surface area contributed by atoms with Crippen LogP contribution < -0.4 is 0 Å². The van der Waals surface area contributed by atoms with Gasteiger partial charge in [0, 0.05) is 17.7 Å². The van der Waals surface area contributed by atoms with Gasteiger partial charge < -0.3 is 9.52 Å². The van der Waals surface area contributed by atoms with E-state index in [9.17, 15) is 14.4 Å². The van der Waals surface area contributed by atoms with Gasteiger partial charge in [0.05, 0.1) is 10.5 Å². The number of furan rings is 1. The molecule has 2 heterocycles. The molecule has 3 rings (SSSR count). The minimum Gasteiger partial charge on any atom is -0.478 e. The zero-order chi connectivity index (χ0) is 19.0. The molecule has 0 atom stereocenters. The van der Waals surface area contributed by atoms with E-state index < -0.39 is 5.97 Å². The second-order valence-electron chi connectivity index (χ2n) is 6.18. The van der Waals surface area contributed by atoms with Crippen LogP contribution in [0.3, 0.4) is 0 Å². The molecule has 0 radical (unpaired) electrons. The molecule has 1 aromatic heterocycles. The second-order valence-corrected chi connectivity index (χ2v) is 7.18. The van der Waals surface area contributed by atoms with Crippen molar-refractivity contribution in [1.29, 1.82) is 0 Å². The van der Waals surface area contributed by atoms with Gasteiger partial charge in [-0.15, -0.1) is 0 Å². The summed E-state index contributed by atoms with van der Waals surface area (Å²) >= 11 is 0.892. The molecule has 1 N–H and O–H groups in total. The van der Waals surface area contributed by atoms with Crippen LogP contribution in [0.2, 0.25) is 0 Å². The second kappa shape index (κ2) is 6.84. The maximum absolute atomic E-state index is 12.3. The number of nitrogens with zero attached hydrogens (tertiary/aromatic N) is 1. The first-order chi connectivity index (χ1) is 12.3. The standard InChI is InChI=1S/C19H17NO5S/c1-10(2)20-17(21)16(26-19(20)24)9-13-5-7-15(25-13)14-6-4-12(18(22)23)8-11(14)3/h4-10H,1-3H3,(H,22,23)/b16-9-. The molecule has 2 amide bonds. The maximum Gasteiger partial charge on any atom is 0.335 e. The Bertz CT molecular complexity index is 941. The van der Waals surface area contributed by atoms with Crippen molar-refractivity contribution in [3.8, 4) is 11.3 Å². The summed E-state index contributed by atoms with van der Waals surface area (Å²) in [7, 11) is 0. The Morgan fingerprint density at radius 2 is 1.96 bits per heavy atom. The molecule has 1 fully saturated rings. The van der Waals surface area contributed by atoms with Gasteiger partial charge in [0.2, 0.25) is 0 Å². The molecule has 7 heteroatoms. The Balaban J connectivity index is 1.88. The first-order valence-corrected chi connectivity index (χ1v) is 8.81. The Kier molecular flexibility index (Phi) is 4.73. The van der Waals surface area contributed by atoms with Crippen molar-refractivity contribution < 1.29 is 23.9 Å². The average molecular weight is 371 g/mol. The predicted molar refractivity (Wildman–Crippen MR) is 98.8 cm³/mol. The summed E-state index contributed by atoms with van der Waals surface area (Å²) in [6, 6.07) is 8.05. The number of aromatic carboxylic acids is 1. The number of hydrogen-bond donors (Lipinski definition) is 1. The van der Waals surface area contributed by atoms with E-state index in [-0.39, 0.29) is 22.8 Å². The largest absolute Gasteiger partial charge is 0.478 e. The summed E-state index contributed by atoms with van der Waals surface area (Å²) in [5.74, 6) is -0.291. The highest BCUT2D eigenvalue weighted by Crippen LogP contribution is 2.34. The van der Waals surface area contributed by atoms with E-state index in [4.69, 9.17) is 9.52 Å². The first-order valence-electron chi connectivity index (χ1n) is 7.99. The van der Waals surface area contributed by atoms with Gasteiger partial charge in [-0.05, 0) is 62.4 Å². The van der Waals surface area contributed by atoms with Crippen LogP contribution >= 0.6 is 11.8 Å². The minimum atomic E-state index is -0.985. The zero-order valence-electron chi connectivity index (χ0n) is 14.5. The van der Waals surface area contributed by atoms with Crippen LogP contribution in [0.5, 0.6) is 0 Å². The van der Waals surface area contributed by atoms with Crippen LogP contribution in [0.1, 0.15) is 35.5 Å². The van der Waals surface area contributed by atoms with E-state index in [1.54, 1.807) is 51.1 Å². The Morgan fingerprint density at radius 3 is 2.54 bits per heavy atom. The third kappa shape index (κ3) is 3.30. The molecular formula is C19H17NO5S. The fourth-order valence-electron chi connectivity index (χ4n) is 2.70. The molecule has 0 spiro atoms. The summed E-state index contributed by atoms with van der Waals surface area (Å²) in [5, 5.41) is 8.76. The number of hydrogen-bond acceptors (Lipinski definition) is 5. The highest BCUT2D eigenvalue weighted by molar-refractivity contribution is 8.18. The molecule has 2 aromatic rings. The van der Waals surface area contributed by atoms with Gasteiger partial charge >= 0.3 is 5.97 Å². The molecule has 0 saturated carbocycles. The Hall–Kier alpha value is -2.80. The van der Waals surface area contributed by atoms with E-state index in [1.807, 2.05) is 0 Å². The molecule has 1 saturated heterocycles. The molecule has 6 nitrogen and oxygen atoms in total. The number of amides is 2. The van der Waals surface area contributed by atoms with Crippen molar-refractivity contribution in [3.63, 3.8) is 0 Å². The van der Waals surface area contributed by atoms with Gasteiger partial charge in [0.25, 0.3) is 11.1 Å². The number of thioether (sulfide) groups is 1. The SMILES string of the molecule is Cc1cc(C(=O)O)ccc1-c1ccc(/C=C2\SC(=O)N(C(C)C)C2=O)o1. The number of aryl methyl sites for hydroxylation is 1. The summed E-state index contributed by atoms with van der Waals surface area (Å²) in [6.07, 6.45) is 1.55. The quantitative estimate of drug-likeness (QED) is 0.802. The highest BCUT2D eigenvalue weighted by atomic mass is 32.2. The molecule has 1 aliphatic heterocycles. The first kappa shape index (κ1) is 18.0. The fourth-order valence-corrected chi connectivity index (χ4v) is 3.64. The molecule has 1 aromatic carbocycles. The summed E-state index contributed by atoms with van der Waals surface area (Å²) in [4.78, 5) is 36.8. The van der Waals surface area contributed by atoms with E-state index in [2.05, 4.69) is 0 Å². The average Bonchev–Trinajstić information content (AvgIpc) is 3.12. The number of carbonyl (C=O) groups is 3. The van der Waals surface area contributed by atoms with E-state index >= 15 is 0 Å². The number of rotatable bonds is 4. The van der Waals surface area contributed by atoms with Crippen LogP contribution in [-0.2, 0) is 4.79 Å². The van der Waals surface area contributed by atoms with Gasteiger partial charge in [-0.2, -0.15) is 0 Å². The van der Waals surface area contributed by atoms with Crippen molar-refractivity contribution in [2.45, 2.75) is 26.8 Å². The van der Waals surface area contributed by atoms with E-state index in [1.165, 1.54) is 11.0 Å². The molecule has 26 heavy (non-hydrogen) atoms. The highest BCUT2D eigenvalue weighted by Gasteiger charge is 2.36. The molecule has 0 aliphatic carbocycles. The van der Waals surface area contributed by atoms with Gasteiger partial charge in [0.1, 0.15) is 11.5 Å². The van der Waals surface area contributed by atoms with Crippen LogP contribution in [0.4, 0.5) is 4.79 Å².